The van der Waals surface area contributed by atoms with Crippen LogP contribution in [0.4, 0.5) is 0 Å². The Bertz CT molecular complexity index is 1250. The molecule has 150 valence electrons. The third kappa shape index (κ3) is 3.00. The average molecular weight is 409 g/mol. The number of ether oxygens (including phenoxy) is 1. The molecule has 0 fully saturated rings. The van der Waals surface area contributed by atoms with Gasteiger partial charge in [-0.2, -0.15) is 0 Å². The Hall–Kier alpha value is -2.51. The van der Waals surface area contributed by atoms with Crippen molar-refractivity contribution in [3.8, 4) is 0 Å². The van der Waals surface area contributed by atoms with Crippen LogP contribution in [0.2, 0.25) is 0 Å². The van der Waals surface area contributed by atoms with E-state index in [1.54, 1.807) is 15.9 Å². The Labute approximate surface area is 172 Å². The van der Waals surface area contributed by atoms with Crippen LogP contribution in [-0.2, 0) is 30.7 Å². The maximum Gasteiger partial charge on any atom is 0.263 e. The monoisotopic (exact) mass is 408 g/mol. The molecule has 1 aliphatic rings. The van der Waals surface area contributed by atoms with Gasteiger partial charge in [-0.15, -0.1) is 21.5 Å². The molecule has 0 saturated heterocycles. The maximum atomic E-state index is 13.6. The first-order chi connectivity index (χ1) is 14.0. The lowest BCUT2D eigenvalue weighted by atomic mass is 9.96. The van der Waals surface area contributed by atoms with Crippen LogP contribution in [0.1, 0.15) is 35.7 Å². The number of thiophene rings is 1. The number of nitrogens with zero attached hydrogens (tertiary/aromatic N) is 4. The molecule has 7 heteroatoms. The van der Waals surface area contributed by atoms with E-state index in [0.29, 0.717) is 24.8 Å². The number of aryl methyl sites for hydroxylation is 3. The van der Waals surface area contributed by atoms with Crippen LogP contribution in [0.25, 0.3) is 16.0 Å². The van der Waals surface area contributed by atoms with E-state index in [2.05, 4.69) is 36.2 Å². The molecule has 0 spiro atoms. The normalized spacial score (nSPS) is 16.8. The minimum absolute atomic E-state index is 0.0396. The molecule has 4 heterocycles. The van der Waals surface area contributed by atoms with Gasteiger partial charge < -0.3 is 4.74 Å². The van der Waals surface area contributed by atoms with Crippen molar-refractivity contribution in [2.75, 3.05) is 0 Å². The van der Waals surface area contributed by atoms with E-state index in [-0.39, 0.29) is 11.7 Å². The Morgan fingerprint density at radius 2 is 2.03 bits per heavy atom. The number of benzene rings is 1. The molecule has 0 saturated carbocycles. The van der Waals surface area contributed by atoms with Crippen molar-refractivity contribution >= 4 is 27.3 Å². The lowest BCUT2D eigenvalue weighted by Crippen LogP contribution is -2.29. The van der Waals surface area contributed by atoms with Crippen LogP contribution in [0, 0.1) is 12.8 Å². The van der Waals surface area contributed by atoms with Crippen molar-refractivity contribution in [2.24, 2.45) is 5.92 Å². The molecule has 4 aromatic rings. The summed E-state index contributed by atoms with van der Waals surface area (Å²) in [6.07, 6.45) is 1.71. The summed E-state index contributed by atoms with van der Waals surface area (Å²) >= 11 is 1.64. The zero-order valence-corrected chi connectivity index (χ0v) is 17.7. The first-order valence-corrected chi connectivity index (χ1v) is 10.9. The second kappa shape index (κ2) is 7.07. The molecule has 6 nitrogen and oxygen atoms in total. The fourth-order valence-corrected chi connectivity index (χ4v) is 5.44. The summed E-state index contributed by atoms with van der Waals surface area (Å²) in [7, 11) is 0. The van der Waals surface area contributed by atoms with Crippen molar-refractivity contribution in [2.45, 2.75) is 52.9 Å². The molecule has 0 bridgehead atoms. The SMILES string of the molecule is Cc1nnc2n(CCc3ccccc3)c(=O)c3c4c(sc3n12)CO[C@H](C(C)C)C4. The summed E-state index contributed by atoms with van der Waals surface area (Å²) in [5.74, 6) is 1.84. The Kier molecular flexibility index (Phi) is 4.52. The van der Waals surface area contributed by atoms with Gasteiger partial charge >= 0.3 is 0 Å². The molecule has 0 radical (unpaired) electrons. The molecule has 1 atom stereocenters. The first-order valence-electron chi connectivity index (χ1n) is 10.1. The minimum atomic E-state index is 0.0396. The van der Waals surface area contributed by atoms with Crippen molar-refractivity contribution in [3.63, 3.8) is 0 Å². The molecule has 0 N–H and O–H groups in total. The van der Waals surface area contributed by atoms with Gasteiger partial charge in [0.15, 0.2) is 0 Å². The van der Waals surface area contributed by atoms with E-state index >= 15 is 0 Å². The van der Waals surface area contributed by atoms with Crippen molar-refractivity contribution in [3.05, 3.63) is 62.5 Å². The quantitative estimate of drug-likeness (QED) is 0.516. The van der Waals surface area contributed by atoms with Crippen LogP contribution >= 0.6 is 11.3 Å². The van der Waals surface area contributed by atoms with E-state index in [9.17, 15) is 4.79 Å². The van der Waals surface area contributed by atoms with Crippen molar-refractivity contribution in [1.29, 1.82) is 0 Å². The van der Waals surface area contributed by atoms with Gasteiger partial charge in [0.05, 0.1) is 18.1 Å². The standard InChI is InChI=1S/C22H24N4O2S/c1-13(2)17-11-16-18(12-28-17)29-21-19(16)20(27)25(22-24-23-14(3)26(21)22)10-9-15-7-5-4-6-8-15/h4-8,13,17H,9-12H2,1-3H3/t17-/m0/s1. The summed E-state index contributed by atoms with van der Waals surface area (Å²) in [4.78, 5) is 15.7. The largest absolute Gasteiger partial charge is 0.372 e. The van der Waals surface area contributed by atoms with E-state index in [4.69, 9.17) is 4.74 Å². The summed E-state index contributed by atoms with van der Waals surface area (Å²) < 4.78 is 9.89. The van der Waals surface area contributed by atoms with Crippen molar-refractivity contribution < 1.29 is 4.74 Å². The molecular weight excluding hydrogens is 384 g/mol. The highest BCUT2D eigenvalue weighted by Crippen LogP contribution is 2.36. The summed E-state index contributed by atoms with van der Waals surface area (Å²) in [5, 5.41) is 9.44. The molecule has 0 aliphatic carbocycles. The zero-order valence-electron chi connectivity index (χ0n) is 16.9. The number of hydrogen-bond acceptors (Lipinski definition) is 5. The van der Waals surface area contributed by atoms with Gasteiger partial charge in [-0.05, 0) is 30.4 Å². The van der Waals surface area contributed by atoms with Gasteiger partial charge in [-0.3, -0.25) is 13.8 Å². The van der Waals surface area contributed by atoms with E-state index < -0.39 is 0 Å². The Morgan fingerprint density at radius 3 is 2.79 bits per heavy atom. The minimum Gasteiger partial charge on any atom is -0.372 e. The maximum absolute atomic E-state index is 13.6. The highest BCUT2D eigenvalue weighted by Gasteiger charge is 2.29. The smallest absolute Gasteiger partial charge is 0.263 e. The third-order valence-corrected chi connectivity index (χ3v) is 7.02. The molecule has 1 aliphatic heterocycles. The highest BCUT2D eigenvalue weighted by atomic mass is 32.1. The van der Waals surface area contributed by atoms with Gasteiger partial charge in [0, 0.05) is 17.8 Å². The molecule has 29 heavy (non-hydrogen) atoms. The van der Waals surface area contributed by atoms with Gasteiger partial charge in [-0.1, -0.05) is 44.2 Å². The summed E-state index contributed by atoms with van der Waals surface area (Å²) in [6.45, 7) is 7.44. The molecule has 5 rings (SSSR count). The molecule has 0 amide bonds. The van der Waals surface area contributed by atoms with Gasteiger partial charge in [0.2, 0.25) is 5.78 Å². The second-order valence-electron chi connectivity index (χ2n) is 8.06. The second-order valence-corrected chi connectivity index (χ2v) is 9.14. The van der Waals surface area contributed by atoms with Crippen LogP contribution in [-0.4, -0.2) is 25.3 Å². The lowest BCUT2D eigenvalue weighted by molar-refractivity contribution is 0.00200. The fourth-order valence-electron chi connectivity index (χ4n) is 4.16. The molecule has 1 aromatic carbocycles. The third-order valence-electron chi connectivity index (χ3n) is 5.83. The van der Waals surface area contributed by atoms with Gasteiger partial charge in [-0.25, -0.2) is 0 Å². The van der Waals surface area contributed by atoms with Crippen LogP contribution in [0.5, 0.6) is 0 Å². The van der Waals surface area contributed by atoms with Crippen molar-refractivity contribution in [1.82, 2.24) is 19.2 Å². The predicted octanol–water partition coefficient (Wildman–Crippen LogP) is 3.75. The topological polar surface area (TPSA) is 61.4 Å². The zero-order chi connectivity index (χ0) is 20.1. The highest BCUT2D eigenvalue weighted by molar-refractivity contribution is 7.18. The molecule has 3 aromatic heterocycles. The Balaban J connectivity index is 1.69. The summed E-state index contributed by atoms with van der Waals surface area (Å²) in [6, 6.07) is 10.2. The first kappa shape index (κ1) is 18.5. The summed E-state index contributed by atoms with van der Waals surface area (Å²) in [5.41, 5.74) is 2.40. The fraction of sp³-hybridized carbons (Fsp3) is 0.409. The predicted molar refractivity (Wildman–Crippen MR) is 115 cm³/mol. The van der Waals surface area contributed by atoms with Gasteiger partial charge in [0.1, 0.15) is 10.7 Å². The van der Waals surface area contributed by atoms with E-state index in [0.717, 1.165) is 39.3 Å². The lowest BCUT2D eigenvalue weighted by Gasteiger charge is -2.26. The number of hydrogen-bond donors (Lipinski definition) is 0. The number of aromatic nitrogens is 4. The van der Waals surface area contributed by atoms with E-state index in [1.807, 2.05) is 29.5 Å². The Morgan fingerprint density at radius 1 is 1.24 bits per heavy atom. The van der Waals surface area contributed by atoms with Crippen LogP contribution in [0.15, 0.2) is 35.1 Å². The van der Waals surface area contributed by atoms with E-state index in [1.165, 1.54) is 5.56 Å². The van der Waals surface area contributed by atoms with Crippen LogP contribution in [0.3, 0.4) is 0 Å². The molecule has 0 unspecified atom stereocenters. The average Bonchev–Trinajstić information content (AvgIpc) is 3.28. The van der Waals surface area contributed by atoms with Gasteiger partial charge in [0.25, 0.3) is 5.56 Å². The number of fused-ring (bicyclic) bond motifs is 5. The van der Waals surface area contributed by atoms with Crippen LogP contribution < -0.4 is 5.56 Å². The number of rotatable bonds is 4. The molecular formula is C22H24N4O2S.